The van der Waals surface area contributed by atoms with E-state index in [0.717, 1.165) is 77.0 Å². The first-order chi connectivity index (χ1) is 36.9. The lowest BCUT2D eigenvalue weighted by atomic mass is 10.0. The number of ether oxygens (including phenoxy) is 5. The van der Waals surface area contributed by atoms with Crippen molar-refractivity contribution in [2.24, 2.45) is 0 Å². The average Bonchev–Trinajstić information content (AvgIpc) is 3.40. The van der Waals surface area contributed by atoms with Crippen molar-refractivity contribution >= 4 is 23.9 Å². The Morgan fingerprint density at radius 3 is 0.600 bits per heavy atom. The van der Waals surface area contributed by atoms with Crippen LogP contribution in [0.15, 0.2) is 0 Å². The molecule has 0 aliphatic carbocycles. The van der Waals surface area contributed by atoms with Crippen LogP contribution in [0, 0.1) is 0 Å². The zero-order chi connectivity index (χ0) is 54.6. The molecule has 0 bridgehead atoms. The lowest BCUT2D eigenvalue weighted by Crippen LogP contribution is -2.34. The summed E-state index contributed by atoms with van der Waals surface area (Å²) in [6.07, 6.45) is 58.1. The predicted molar refractivity (Wildman–Crippen MR) is 315 cm³/mol. The Labute approximate surface area is 465 Å². The van der Waals surface area contributed by atoms with Crippen LogP contribution in [-0.4, -0.2) is 62.5 Å². The van der Waals surface area contributed by atoms with Gasteiger partial charge in [0.15, 0.2) is 12.2 Å². The zero-order valence-electron chi connectivity index (χ0n) is 50.4. The molecule has 75 heavy (non-hydrogen) atoms. The largest absolute Gasteiger partial charge is 0.462 e. The minimum Gasteiger partial charge on any atom is -0.462 e. The van der Waals surface area contributed by atoms with Gasteiger partial charge in [0.1, 0.15) is 13.2 Å². The number of carbonyl (C=O) groups excluding carboxylic acids is 4. The van der Waals surface area contributed by atoms with Crippen LogP contribution in [0.25, 0.3) is 0 Å². The van der Waals surface area contributed by atoms with Crippen molar-refractivity contribution in [2.45, 2.75) is 374 Å². The molecule has 0 amide bonds. The fourth-order valence-electron chi connectivity index (χ4n) is 10.0. The third-order valence-electron chi connectivity index (χ3n) is 15.0. The number of rotatable bonds is 62. The van der Waals surface area contributed by atoms with E-state index in [2.05, 4.69) is 27.7 Å². The molecule has 0 aliphatic rings. The van der Waals surface area contributed by atoms with Crippen molar-refractivity contribution in [2.75, 3.05) is 26.4 Å². The zero-order valence-corrected chi connectivity index (χ0v) is 50.4. The van der Waals surface area contributed by atoms with Crippen LogP contribution in [0.4, 0.5) is 0 Å². The van der Waals surface area contributed by atoms with Gasteiger partial charge in [0.25, 0.3) is 0 Å². The molecule has 2 atom stereocenters. The summed E-state index contributed by atoms with van der Waals surface area (Å²) in [4.78, 5) is 52.0. The van der Waals surface area contributed by atoms with Gasteiger partial charge in [-0.25, -0.2) is 0 Å². The topological polar surface area (TPSA) is 114 Å². The molecule has 0 unspecified atom stereocenters. The molecule has 9 nitrogen and oxygen atoms in total. The first kappa shape index (κ1) is 72.8. The van der Waals surface area contributed by atoms with Gasteiger partial charge in [-0.15, -0.1) is 0 Å². The molecule has 0 aromatic heterocycles. The first-order valence-corrected chi connectivity index (χ1v) is 33.1. The Hall–Kier alpha value is -2.16. The van der Waals surface area contributed by atoms with Gasteiger partial charge in [-0.05, 0) is 25.7 Å². The molecule has 0 fully saturated rings. The fourth-order valence-corrected chi connectivity index (χ4v) is 10.0. The molecule has 0 aromatic carbocycles. The second kappa shape index (κ2) is 61.1. The summed E-state index contributed by atoms with van der Waals surface area (Å²) >= 11 is 0. The highest BCUT2D eigenvalue weighted by Gasteiger charge is 2.22. The third kappa shape index (κ3) is 57.8. The summed E-state index contributed by atoms with van der Waals surface area (Å²) in [6, 6.07) is 0. The Morgan fingerprint density at radius 2 is 0.400 bits per heavy atom. The van der Waals surface area contributed by atoms with Gasteiger partial charge >= 0.3 is 23.9 Å². The van der Waals surface area contributed by atoms with E-state index in [1.54, 1.807) is 0 Å². The lowest BCUT2D eigenvalue weighted by molar-refractivity contribution is -0.169. The highest BCUT2D eigenvalue weighted by molar-refractivity contribution is 5.71. The van der Waals surface area contributed by atoms with Gasteiger partial charge in [0.05, 0.1) is 13.2 Å². The summed E-state index contributed by atoms with van der Waals surface area (Å²) in [5, 5.41) is 0. The van der Waals surface area contributed by atoms with E-state index < -0.39 is 12.2 Å². The van der Waals surface area contributed by atoms with Crippen molar-refractivity contribution in [3.05, 3.63) is 0 Å². The van der Waals surface area contributed by atoms with Crippen molar-refractivity contribution < 1.29 is 42.9 Å². The van der Waals surface area contributed by atoms with Gasteiger partial charge in [0.2, 0.25) is 0 Å². The highest BCUT2D eigenvalue weighted by Crippen LogP contribution is 2.18. The van der Waals surface area contributed by atoms with Crippen LogP contribution in [-0.2, 0) is 42.9 Å². The molecule has 0 aromatic rings. The Kier molecular flexibility index (Phi) is 59.3. The van der Waals surface area contributed by atoms with E-state index in [4.69, 9.17) is 23.7 Å². The Balaban J connectivity index is 5.18. The molecule has 9 heteroatoms. The third-order valence-corrected chi connectivity index (χ3v) is 15.0. The van der Waals surface area contributed by atoms with E-state index in [-0.39, 0.29) is 50.3 Å². The van der Waals surface area contributed by atoms with E-state index in [9.17, 15) is 19.2 Å². The lowest BCUT2D eigenvalue weighted by Gasteiger charge is -2.21. The van der Waals surface area contributed by atoms with Gasteiger partial charge in [0, 0.05) is 25.7 Å². The fraction of sp³-hybridized carbons (Fsp3) is 0.939. The summed E-state index contributed by atoms with van der Waals surface area (Å²) in [5.74, 6) is -1.25. The molecule has 0 saturated carbocycles. The molecule has 444 valence electrons. The first-order valence-electron chi connectivity index (χ1n) is 33.1. The number of carbonyl (C=O) groups is 4. The molecular formula is C66H126O9. The molecule has 0 N–H and O–H groups in total. The number of esters is 4. The minimum atomic E-state index is -0.800. The van der Waals surface area contributed by atoms with Crippen molar-refractivity contribution in [3.63, 3.8) is 0 Å². The quantitative estimate of drug-likeness (QED) is 0.0334. The SMILES string of the molecule is CCCCCCCCCCCCCCCC(=O)OC[C@H](COC[C@@H](COC(=O)CCCCCCCCCCCCC)OC(=O)CCCCCCCCCCCCC)OC(=O)CCCCCCCCCCCCCCC. The van der Waals surface area contributed by atoms with Gasteiger partial charge < -0.3 is 23.7 Å². The van der Waals surface area contributed by atoms with Crippen LogP contribution in [0.3, 0.4) is 0 Å². The molecule has 0 heterocycles. The van der Waals surface area contributed by atoms with Crippen LogP contribution >= 0.6 is 0 Å². The summed E-state index contributed by atoms with van der Waals surface area (Å²) in [6.45, 7) is 8.77. The van der Waals surface area contributed by atoms with E-state index >= 15 is 0 Å². The van der Waals surface area contributed by atoms with Crippen molar-refractivity contribution in [1.29, 1.82) is 0 Å². The summed E-state index contributed by atoms with van der Waals surface area (Å²) in [5.41, 5.74) is 0. The average molecular weight is 1060 g/mol. The van der Waals surface area contributed by atoms with Crippen molar-refractivity contribution in [3.8, 4) is 0 Å². The molecule has 0 rings (SSSR count). The maximum atomic E-state index is 13.1. The maximum absolute atomic E-state index is 13.1. The van der Waals surface area contributed by atoms with E-state index in [0.29, 0.717) is 25.7 Å². The van der Waals surface area contributed by atoms with Crippen LogP contribution in [0.5, 0.6) is 0 Å². The van der Waals surface area contributed by atoms with Gasteiger partial charge in [-0.2, -0.15) is 0 Å². The molecular weight excluding hydrogens is 937 g/mol. The van der Waals surface area contributed by atoms with Crippen molar-refractivity contribution in [1.82, 2.24) is 0 Å². The van der Waals surface area contributed by atoms with Crippen LogP contribution in [0.1, 0.15) is 362 Å². The number of unbranched alkanes of at least 4 members (excludes halogenated alkanes) is 44. The van der Waals surface area contributed by atoms with E-state index in [1.165, 1.54) is 231 Å². The number of hydrogen-bond donors (Lipinski definition) is 0. The highest BCUT2D eigenvalue weighted by atomic mass is 16.6. The van der Waals surface area contributed by atoms with Crippen LogP contribution < -0.4 is 0 Å². The normalized spacial score (nSPS) is 12.2. The number of hydrogen-bond acceptors (Lipinski definition) is 9. The predicted octanol–water partition coefficient (Wildman–Crippen LogP) is 20.3. The summed E-state index contributed by atoms with van der Waals surface area (Å²) in [7, 11) is 0. The molecule has 0 aliphatic heterocycles. The molecule has 0 spiro atoms. The Morgan fingerprint density at radius 1 is 0.227 bits per heavy atom. The minimum absolute atomic E-state index is 0.0320. The Bertz CT molecular complexity index is 1210. The molecule has 0 radical (unpaired) electrons. The molecule has 0 saturated heterocycles. The monoisotopic (exact) mass is 1060 g/mol. The van der Waals surface area contributed by atoms with Gasteiger partial charge in [-0.1, -0.05) is 310 Å². The van der Waals surface area contributed by atoms with Crippen LogP contribution in [0.2, 0.25) is 0 Å². The second-order valence-corrected chi connectivity index (χ2v) is 22.7. The van der Waals surface area contributed by atoms with Gasteiger partial charge in [-0.3, -0.25) is 19.2 Å². The maximum Gasteiger partial charge on any atom is 0.306 e. The smallest absolute Gasteiger partial charge is 0.306 e. The van der Waals surface area contributed by atoms with E-state index in [1.807, 2.05) is 0 Å². The second-order valence-electron chi connectivity index (χ2n) is 22.7. The summed E-state index contributed by atoms with van der Waals surface area (Å²) < 4.78 is 29.2. The standard InChI is InChI=1S/C66H126O9/c1-5-9-13-17-21-25-29-31-35-38-42-46-50-54-64(68)73-60-62(75-66(70)56-52-48-44-40-36-32-30-26-22-18-14-10-6-2)58-71-57-61(74-65(69)55-51-47-43-39-34-28-24-20-16-12-8-4)59-72-63(67)53-49-45-41-37-33-27-23-19-15-11-7-3/h61-62H,5-60H2,1-4H3/t61-,62-/m0/s1.